The van der Waals surface area contributed by atoms with Gasteiger partial charge in [0.05, 0.1) is 19.8 Å². The highest BCUT2D eigenvalue weighted by Gasteiger charge is 2.29. The summed E-state index contributed by atoms with van der Waals surface area (Å²) in [6.45, 7) is 9.66. The van der Waals surface area contributed by atoms with Gasteiger partial charge in [-0.2, -0.15) is 0 Å². The van der Waals surface area contributed by atoms with Crippen molar-refractivity contribution in [2.75, 3.05) is 41.0 Å². The van der Waals surface area contributed by atoms with Crippen LogP contribution in [0.2, 0.25) is 0 Å². The Hall–Kier alpha value is -2.36. The molecule has 0 radical (unpaired) electrons. The molecule has 0 spiro atoms. The zero-order valence-corrected chi connectivity index (χ0v) is 24.4. The molecular formula is C29H51N3O6. The first-order chi connectivity index (χ1) is 18.0. The number of carbonyl (C=O) groups excluding carboxylic acids is 2. The maximum atomic E-state index is 12.8. The van der Waals surface area contributed by atoms with Gasteiger partial charge in [-0.05, 0) is 54.7 Å². The second-order valence-corrected chi connectivity index (χ2v) is 10.7. The summed E-state index contributed by atoms with van der Waals surface area (Å²) in [4.78, 5) is 24.2. The summed E-state index contributed by atoms with van der Waals surface area (Å²) < 4.78 is 16.5. The van der Waals surface area contributed by atoms with Crippen molar-refractivity contribution in [1.82, 2.24) is 10.6 Å². The average molecular weight is 538 g/mol. The van der Waals surface area contributed by atoms with Crippen LogP contribution in [0.25, 0.3) is 0 Å². The van der Waals surface area contributed by atoms with Crippen molar-refractivity contribution < 1.29 is 28.9 Å². The molecule has 1 rings (SSSR count). The molecule has 9 heteroatoms. The summed E-state index contributed by atoms with van der Waals surface area (Å²) in [5.41, 5.74) is 7.61. The van der Waals surface area contributed by atoms with E-state index in [1.165, 1.54) is 0 Å². The molecule has 9 nitrogen and oxygen atoms in total. The van der Waals surface area contributed by atoms with Crippen molar-refractivity contribution in [3.8, 4) is 11.5 Å². The van der Waals surface area contributed by atoms with Gasteiger partial charge >= 0.3 is 0 Å². The summed E-state index contributed by atoms with van der Waals surface area (Å²) >= 11 is 0. The molecule has 0 aliphatic carbocycles. The third-order valence-electron chi connectivity index (χ3n) is 7.06. The van der Waals surface area contributed by atoms with Crippen molar-refractivity contribution in [1.29, 1.82) is 0 Å². The first kappa shape index (κ1) is 33.7. The van der Waals surface area contributed by atoms with Crippen LogP contribution in [0.1, 0.15) is 58.9 Å². The number of aliphatic hydroxyl groups excluding tert-OH is 1. The lowest BCUT2D eigenvalue weighted by atomic mass is 9.81. The second kappa shape index (κ2) is 18.0. The molecule has 38 heavy (non-hydrogen) atoms. The summed E-state index contributed by atoms with van der Waals surface area (Å²) in [7, 11) is 4.86. The molecule has 5 N–H and O–H groups in total. The summed E-state index contributed by atoms with van der Waals surface area (Å²) in [6, 6.07) is 5.51. The predicted molar refractivity (Wildman–Crippen MR) is 150 cm³/mol. The molecule has 0 aromatic heterocycles. The molecule has 4 atom stereocenters. The van der Waals surface area contributed by atoms with Crippen molar-refractivity contribution in [3.05, 3.63) is 23.8 Å². The number of rotatable bonds is 19. The van der Waals surface area contributed by atoms with Gasteiger partial charge in [0, 0.05) is 52.1 Å². The van der Waals surface area contributed by atoms with E-state index in [1.54, 1.807) is 21.3 Å². The van der Waals surface area contributed by atoms with Gasteiger partial charge in [-0.3, -0.25) is 9.59 Å². The third kappa shape index (κ3) is 12.0. The molecular weight excluding hydrogens is 486 g/mol. The van der Waals surface area contributed by atoms with Crippen LogP contribution < -0.4 is 25.8 Å². The molecule has 1 aromatic rings. The zero-order valence-electron chi connectivity index (χ0n) is 24.4. The van der Waals surface area contributed by atoms with Crippen LogP contribution in [-0.4, -0.2) is 70.1 Å². The Balaban J connectivity index is 2.81. The average Bonchev–Trinajstić information content (AvgIpc) is 2.88. The van der Waals surface area contributed by atoms with Crippen LogP contribution in [0, 0.1) is 23.7 Å². The molecule has 0 aliphatic rings. The number of nitrogens with one attached hydrogen (secondary N) is 2. The highest BCUT2D eigenvalue weighted by Crippen LogP contribution is 2.31. The third-order valence-corrected chi connectivity index (χ3v) is 7.06. The fraction of sp³-hybridized carbons (Fsp3) is 0.724. The molecule has 0 saturated carbocycles. The monoisotopic (exact) mass is 537 g/mol. The van der Waals surface area contributed by atoms with Gasteiger partial charge in [-0.25, -0.2) is 0 Å². The largest absolute Gasteiger partial charge is 0.493 e. The Bertz CT molecular complexity index is 833. The quantitative estimate of drug-likeness (QED) is 0.200. The molecule has 1 aromatic carbocycles. The SMILES string of the molecule is CNC(=O)CCNC(=O)[C@@H](C[C@H](O)[C@@H](N)C[C@H](Cc1ccc(OC)c(OCCCOC)c1)C(C)C)C(C)C. The lowest BCUT2D eigenvalue weighted by Gasteiger charge is -2.30. The molecule has 0 saturated heterocycles. The molecule has 0 unspecified atom stereocenters. The number of hydrogen-bond acceptors (Lipinski definition) is 7. The van der Waals surface area contributed by atoms with E-state index >= 15 is 0 Å². The summed E-state index contributed by atoms with van der Waals surface area (Å²) in [5, 5.41) is 16.3. The first-order valence-corrected chi connectivity index (χ1v) is 13.7. The minimum atomic E-state index is -0.816. The normalized spacial score (nSPS) is 14.6. The van der Waals surface area contributed by atoms with Gasteiger partial charge < -0.3 is 35.7 Å². The Labute approximate surface area is 229 Å². The topological polar surface area (TPSA) is 132 Å². The lowest BCUT2D eigenvalue weighted by Crippen LogP contribution is -2.43. The van der Waals surface area contributed by atoms with E-state index in [1.807, 2.05) is 32.0 Å². The van der Waals surface area contributed by atoms with E-state index in [0.717, 1.165) is 18.4 Å². The lowest BCUT2D eigenvalue weighted by molar-refractivity contribution is -0.127. The minimum Gasteiger partial charge on any atom is -0.493 e. The van der Waals surface area contributed by atoms with Gasteiger partial charge in [0.25, 0.3) is 0 Å². The van der Waals surface area contributed by atoms with Gasteiger partial charge in [0.2, 0.25) is 11.8 Å². The number of methoxy groups -OCH3 is 2. The Kier molecular flexibility index (Phi) is 16.0. The maximum absolute atomic E-state index is 12.8. The molecule has 0 fully saturated rings. The number of aliphatic hydroxyl groups is 1. The summed E-state index contributed by atoms with van der Waals surface area (Å²) in [5.74, 6) is 1.31. The van der Waals surface area contributed by atoms with Crippen LogP contribution in [0.3, 0.4) is 0 Å². The van der Waals surface area contributed by atoms with Gasteiger partial charge in [0.15, 0.2) is 11.5 Å². The van der Waals surface area contributed by atoms with Crippen LogP contribution in [0.5, 0.6) is 11.5 Å². The van der Waals surface area contributed by atoms with Crippen LogP contribution in [-0.2, 0) is 20.7 Å². The molecule has 2 amide bonds. The van der Waals surface area contributed by atoms with E-state index in [2.05, 4.69) is 24.5 Å². The van der Waals surface area contributed by atoms with Crippen molar-refractivity contribution in [2.45, 2.75) is 71.9 Å². The number of hydrogen-bond donors (Lipinski definition) is 4. The fourth-order valence-electron chi connectivity index (χ4n) is 4.42. The van der Waals surface area contributed by atoms with E-state index in [4.69, 9.17) is 19.9 Å². The standard InChI is InChI=1S/C29H51N3O6/c1-19(2)22(15-21-9-10-26(37-7)27(16-21)38-14-8-13-36-6)17-24(30)25(33)18-23(20(3)4)29(35)32-12-11-28(34)31-5/h9-10,16,19-20,22-25,33H,8,11-15,17-18,30H2,1-7H3,(H,31,34)(H,32,35)/t22-,23-,24-,25-/m0/s1. The second-order valence-electron chi connectivity index (χ2n) is 10.7. The van der Waals surface area contributed by atoms with E-state index in [0.29, 0.717) is 37.1 Å². The van der Waals surface area contributed by atoms with E-state index < -0.39 is 18.1 Å². The smallest absolute Gasteiger partial charge is 0.223 e. The fourth-order valence-corrected chi connectivity index (χ4v) is 4.42. The van der Waals surface area contributed by atoms with Gasteiger partial charge in [-0.15, -0.1) is 0 Å². The van der Waals surface area contributed by atoms with Crippen molar-refractivity contribution >= 4 is 11.8 Å². The number of amides is 2. The Morgan fingerprint density at radius 2 is 1.74 bits per heavy atom. The van der Waals surface area contributed by atoms with Crippen LogP contribution >= 0.6 is 0 Å². The van der Waals surface area contributed by atoms with E-state index in [9.17, 15) is 14.7 Å². The summed E-state index contributed by atoms with van der Waals surface area (Å²) in [6.07, 6.45) is 1.87. The Morgan fingerprint density at radius 3 is 2.32 bits per heavy atom. The number of carbonyl (C=O) groups is 2. The van der Waals surface area contributed by atoms with Crippen molar-refractivity contribution in [3.63, 3.8) is 0 Å². The predicted octanol–water partition coefficient (Wildman–Crippen LogP) is 2.92. The molecule has 0 heterocycles. The van der Waals surface area contributed by atoms with Gasteiger partial charge in [-0.1, -0.05) is 33.8 Å². The zero-order chi connectivity index (χ0) is 28.7. The Morgan fingerprint density at radius 1 is 1.03 bits per heavy atom. The molecule has 0 aliphatic heterocycles. The highest BCUT2D eigenvalue weighted by molar-refractivity contribution is 5.80. The maximum Gasteiger partial charge on any atom is 0.223 e. The highest BCUT2D eigenvalue weighted by atomic mass is 16.5. The number of ether oxygens (including phenoxy) is 3. The van der Waals surface area contributed by atoms with Crippen LogP contribution in [0.4, 0.5) is 0 Å². The minimum absolute atomic E-state index is 0.0272. The number of benzene rings is 1. The van der Waals surface area contributed by atoms with Crippen molar-refractivity contribution in [2.24, 2.45) is 29.4 Å². The first-order valence-electron chi connectivity index (χ1n) is 13.7. The van der Waals surface area contributed by atoms with E-state index in [-0.39, 0.29) is 43.0 Å². The molecule has 218 valence electrons. The molecule has 0 bridgehead atoms. The van der Waals surface area contributed by atoms with Gasteiger partial charge in [0.1, 0.15) is 0 Å². The van der Waals surface area contributed by atoms with Crippen LogP contribution in [0.15, 0.2) is 18.2 Å². The number of nitrogens with two attached hydrogens (primary N) is 1.